The number of ether oxygens (including phenoxy) is 1. The number of benzene rings is 1. The summed E-state index contributed by atoms with van der Waals surface area (Å²) < 4.78 is 18.2. The molecule has 1 aliphatic rings. The van der Waals surface area contributed by atoms with Gasteiger partial charge in [-0.3, -0.25) is 14.5 Å². The number of nitrogens with zero attached hydrogens (tertiary/aromatic N) is 1. The summed E-state index contributed by atoms with van der Waals surface area (Å²) in [5, 5.41) is 2.88. The standard InChI is InChI=1S/C15H20FN3O3/c16-11-2-1-3-13(8-11)22-10-15(21)18-12-4-6-19(7-5-12)9-14(17)20/h1-3,8,12H,4-7,9-10H2,(H2,17,20)(H,18,21). The van der Waals surface area contributed by atoms with Crippen molar-refractivity contribution in [1.29, 1.82) is 0 Å². The second-order valence-corrected chi connectivity index (χ2v) is 5.33. The van der Waals surface area contributed by atoms with Gasteiger partial charge in [-0.15, -0.1) is 0 Å². The van der Waals surface area contributed by atoms with Crippen LogP contribution in [0.1, 0.15) is 12.8 Å². The Kier molecular flexibility index (Phi) is 5.71. The minimum absolute atomic E-state index is 0.0627. The molecule has 0 aromatic heterocycles. The molecule has 0 spiro atoms. The summed E-state index contributed by atoms with van der Waals surface area (Å²) >= 11 is 0. The summed E-state index contributed by atoms with van der Waals surface area (Å²) in [6.07, 6.45) is 1.53. The molecule has 1 aromatic rings. The van der Waals surface area contributed by atoms with Crippen molar-refractivity contribution in [3.63, 3.8) is 0 Å². The molecule has 6 nitrogen and oxygen atoms in total. The number of amides is 2. The molecular weight excluding hydrogens is 289 g/mol. The van der Waals surface area contributed by atoms with E-state index in [2.05, 4.69) is 5.32 Å². The number of nitrogens with one attached hydrogen (secondary N) is 1. The predicted molar refractivity (Wildman–Crippen MR) is 78.7 cm³/mol. The van der Waals surface area contributed by atoms with Gasteiger partial charge in [-0.05, 0) is 25.0 Å². The van der Waals surface area contributed by atoms with E-state index in [0.29, 0.717) is 5.75 Å². The lowest BCUT2D eigenvalue weighted by Gasteiger charge is -2.31. The topological polar surface area (TPSA) is 84.7 Å². The first kappa shape index (κ1) is 16.2. The summed E-state index contributed by atoms with van der Waals surface area (Å²) in [6.45, 7) is 1.55. The number of primary amides is 1. The molecule has 0 bridgehead atoms. The zero-order valence-electron chi connectivity index (χ0n) is 12.3. The van der Waals surface area contributed by atoms with E-state index in [9.17, 15) is 14.0 Å². The molecule has 1 aromatic carbocycles. The molecule has 0 radical (unpaired) electrons. The Morgan fingerprint density at radius 3 is 2.73 bits per heavy atom. The number of hydrogen-bond donors (Lipinski definition) is 2. The highest BCUT2D eigenvalue weighted by Gasteiger charge is 2.21. The zero-order valence-corrected chi connectivity index (χ0v) is 12.3. The van der Waals surface area contributed by atoms with Gasteiger partial charge in [0.1, 0.15) is 11.6 Å². The number of halogens is 1. The molecule has 7 heteroatoms. The van der Waals surface area contributed by atoms with E-state index < -0.39 is 5.82 Å². The Morgan fingerprint density at radius 2 is 2.09 bits per heavy atom. The zero-order chi connectivity index (χ0) is 15.9. The van der Waals surface area contributed by atoms with Crippen LogP contribution in [0, 0.1) is 5.82 Å². The van der Waals surface area contributed by atoms with Crippen LogP contribution in [0.2, 0.25) is 0 Å². The van der Waals surface area contributed by atoms with E-state index in [1.807, 2.05) is 4.90 Å². The summed E-state index contributed by atoms with van der Waals surface area (Å²) in [4.78, 5) is 24.6. The average molecular weight is 309 g/mol. The lowest BCUT2D eigenvalue weighted by atomic mass is 10.1. The summed E-state index contributed by atoms with van der Waals surface area (Å²) in [6, 6.07) is 5.73. The fourth-order valence-electron chi connectivity index (χ4n) is 2.43. The Hall–Kier alpha value is -2.15. The number of carbonyl (C=O) groups is 2. The molecule has 120 valence electrons. The van der Waals surface area contributed by atoms with Gasteiger partial charge >= 0.3 is 0 Å². The molecule has 2 rings (SSSR count). The van der Waals surface area contributed by atoms with Crippen LogP contribution in [0.25, 0.3) is 0 Å². The van der Waals surface area contributed by atoms with Crippen molar-refractivity contribution >= 4 is 11.8 Å². The number of likely N-dealkylation sites (tertiary alicyclic amines) is 1. The van der Waals surface area contributed by atoms with Gasteiger partial charge in [-0.1, -0.05) is 6.07 Å². The molecule has 1 fully saturated rings. The highest BCUT2D eigenvalue weighted by molar-refractivity contribution is 5.78. The second kappa shape index (κ2) is 7.74. The minimum Gasteiger partial charge on any atom is -0.484 e. The summed E-state index contributed by atoms with van der Waals surface area (Å²) in [5.41, 5.74) is 5.15. The van der Waals surface area contributed by atoms with Gasteiger partial charge in [0.2, 0.25) is 5.91 Å². The molecule has 1 saturated heterocycles. The van der Waals surface area contributed by atoms with E-state index in [1.54, 1.807) is 6.07 Å². The van der Waals surface area contributed by atoms with Crippen molar-refractivity contribution in [1.82, 2.24) is 10.2 Å². The van der Waals surface area contributed by atoms with E-state index in [0.717, 1.165) is 25.9 Å². The van der Waals surface area contributed by atoms with Gasteiger partial charge in [-0.2, -0.15) is 0 Å². The summed E-state index contributed by atoms with van der Waals surface area (Å²) in [5.74, 6) is -0.658. The number of nitrogens with two attached hydrogens (primary N) is 1. The molecule has 1 aliphatic heterocycles. The van der Waals surface area contributed by atoms with Crippen molar-refractivity contribution in [2.24, 2.45) is 5.73 Å². The van der Waals surface area contributed by atoms with Crippen LogP contribution >= 0.6 is 0 Å². The third kappa shape index (κ3) is 5.33. The van der Waals surface area contributed by atoms with Gasteiger partial charge in [0, 0.05) is 25.2 Å². The van der Waals surface area contributed by atoms with Crippen molar-refractivity contribution in [3.05, 3.63) is 30.1 Å². The van der Waals surface area contributed by atoms with Gasteiger partial charge < -0.3 is 15.8 Å². The van der Waals surface area contributed by atoms with E-state index in [1.165, 1.54) is 18.2 Å². The monoisotopic (exact) mass is 309 g/mol. The Morgan fingerprint density at radius 1 is 1.36 bits per heavy atom. The molecule has 0 unspecified atom stereocenters. The molecular formula is C15H20FN3O3. The fourth-order valence-corrected chi connectivity index (χ4v) is 2.43. The molecule has 1 heterocycles. The third-order valence-electron chi connectivity index (χ3n) is 3.50. The van der Waals surface area contributed by atoms with Gasteiger partial charge in [0.25, 0.3) is 5.91 Å². The van der Waals surface area contributed by atoms with Gasteiger partial charge in [0.15, 0.2) is 6.61 Å². The lowest BCUT2D eigenvalue weighted by molar-refractivity contribution is -0.124. The smallest absolute Gasteiger partial charge is 0.258 e. The van der Waals surface area contributed by atoms with Crippen LogP contribution in [-0.4, -0.2) is 49.0 Å². The number of rotatable bonds is 6. The highest BCUT2D eigenvalue weighted by atomic mass is 19.1. The maximum absolute atomic E-state index is 13.0. The second-order valence-electron chi connectivity index (χ2n) is 5.33. The van der Waals surface area contributed by atoms with Crippen LogP contribution in [0.3, 0.4) is 0 Å². The molecule has 0 saturated carbocycles. The first-order valence-electron chi connectivity index (χ1n) is 7.21. The minimum atomic E-state index is -0.403. The maximum Gasteiger partial charge on any atom is 0.258 e. The Bertz CT molecular complexity index is 531. The Labute approximate surface area is 128 Å². The number of piperidine rings is 1. The Balaban J connectivity index is 1.69. The van der Waals surface area contributed by atoms with Crippen LogP contribution < -0.4 is 15.8 Å². The predicted octanol–water partition coefficient (Wildman–Crippen LogP) is 0.270. The van der Waals surface area contributed by atoms with Crippen molar-refractivity contribution in [2.45, 2.75) is 18.9 Å². The lowest BCUT2D eigenvalue weighted by Crippen LogP contribution is -2.47. The van der Waals surface area contributed by atoms with Gasteiger partial charge in [0.05, 0.1) is 6.54 Å². The first-order chi connectivity index (χ1) is 10.5. The molecule has 0 atom stereocenters. The first-order valence-corrected chi connectivity index (χ1v) is 7.21. The van der Waals surface area contributed by atoms with Crippen LogP contribution in [0.5, 0.6) is 5.75 Å². The SMILES string of the molecule is NC(=O)CN1CCC(NC(=O)COc2cccc(F)c2)CC1. The molecule has 3 N–H and O–H groups in total. The number of carbonyl (C=O) groups excluding carboxylic acids is 2. The fraction of sp³-hybridized carbons (Fsp3) is 0.467. The summed E-state index contributed by atoms with van der Waals surface area (Å²) in [7, 11) is 0. The average Bonchev–Trinajstić information content (AvgIpc) is 2.47. The normalized spacial score (nSPS) is 16.2. The van der Waals surface area contributed by atoms with E-state index in [4.69, 9.17) is 10.5 Å². The van der Waals surface area contributed by atoms with Crippen LogP contribution in [-0.2, 0) is 9.59 Å². The quantitative estimate of drug-likeness (QED) is 0.790. The molecule has 22 heavy (non-hydrogen) atoms. The molecule has 2 amide bonds. The van der Waals surface area contributed by atoms with Crippen LogP contribution in [0.4, 0.5) is 4.39 Å². The van der Waals surface area contributed by atoms with Crippen molar-refractivity contribution in [2.75, 3.05) is 26.2 Å². The van der Waals surface area contributed by atoms with Crippen LogP contribution in [0.15, 0.2) is 24.3 Å². The van der Waals surface area contributed by atoms with E-state index >= 15 is 0 Å². The number of hydrogen-bond acceptors (Lipinski definition) is 4. The van der Waals surface area contributed by atoms with E-state index in [-0.39, 0.29) is 31.0 Å². The third-order valence-corrected chi connectivity index (χ3v) is 3.50. The van der Waals surface area contributed by atoms with Gasteiger partial charge in [-0.25, -0.2) is 4.39 Å². The maximum atomic E-state index is 13.0. The van der Waals surface area contributed by atoms with Crippen molar-refractivity contribution in [3.8, 4) is 5.75 Å². The van der Waals surface area contributed by atoms with Crippen molar-refractivity contribution < 1.29 is 18.7 Å². The largest absolute Gasteiger partial charge is 0.484 e. The highest BCUT2D eigenvalue weighted by Crippen LogP contribution is 2.12. The molecule has 0 aliphatic carbocycles.